The van der Waals surface area contributed by atoms with E-state index in [0.717, 1.165) is 5.56 Å². The van der Waals surface area contributed by atoms with Gasteiger partial charge in [0.15, 0.2) is 0 Å². The normalized spacial score (nSPS) is 10.8. The molecule has 116 valence electrons. The summed E-state index contributed by atoms with van der Waals surface area (Å²) >= 11 is 0. The molecule has 0 atom stereocenters. The molecule has 0 unspecified atom stereocenters. The highest BCUT2D eigenvalue weighted by atomic mass is 19.3. The van der Waals surface area contributed by atoms with E-state index in [4.69, 9.17) is 0 Å². The Morgan fingerprint density at radius 3 is 2.27 bits per heavy atom. The fourth-order valence-corrected chi connectivity index (χ4v) is 1.98. The third-order valence-corrected chi connectivity index (χ3v) is 3.19. The van der Waals surface area contributed by atoms with E-state index in [9.17, 15) is 13.6 Å². The number of ether oxygens (including phenoxy) is 1. The van der Waals surface area contributed by atoms with Gasteiger partial charge in [-0.15, -0.1) is 0 Å². The number of carbonyl (C=O) groups is 1. The second-order valence-electron chi connectivity index (χ2n) is 5.11. The van der Waals surface area contributed by atoms with Gasteiger partial charge in [-0.25, -0.2) is 0 Å². The standard InChI is InChI=1S/C17H17F2NO2/c1-11(2)12-7-9-13(10-8-12)16(21)20-14-5-3-4-6-15(14)22-17(18)19/h3-11,17H,1-2H3,(H,20,21). The van der Waals surface area contributed by atoms with Gasteiger partial charge < -0.3 is 10.1 Å². The van der Waals surface area contributed by atoms with E-state index in [1.807, 2.05) is 12.1 Å². The van der Waals surface area contributed by atoms with Crippen molar-refractivity contribution < 1.29 is 18.3 Å². The van der Waals surface area contributed by atoms with Gasteiger partial charge in [0, 0.05) is 5.56 Å². The molecule has 22 heavy (non-hydrogen) atoms. The van der Waals surface area contributed by atoms with Crippen LogP contribution in [0.2, 0.25) is 0 Å². The van der Waals surface area contributed by atoms with Crippen LogP contribution in [0, 0.1) is 0 Å². The van der Waals surface area contributed by atoms with E-state index in [0.29, 0.717) is 11.5 Å². The Hall–Kier alpha value is -2.43. The summed E-state index contributed by atoms with van der Waals surface area (Å²) in [4.78, 5) is 12.2. The first-order chi connectivity index (χ1) is 10.5. The zero-order chi connectivity index (χ0) is 16.1. The lowest BCUT2D eigenvalue weighted by Gasteiger charge is -2.12. The van der Waals surface area contributed by atoms with Crippen LogP contribution >= 0.6 is 0 Å². The molecule has 0 aromatic heterocycles. The number of rotatable bonds is 5. The maximum absolute atomic E-state index is 12.3. The van der Waals surface area contributed by atoms with E-state index in [1.165, 1.54) is 12.1 Å². The maximum atomic E-state index is 12.3. The number of amides is 1. The van der Waals surface area contributed by atoms with Crippen molar-refractivity contribution in [3.8, 4) is 5.75 Å². The molecule has 2 aromatic rings. The fourth-order valence-electron chi connectivity index (χ4n) is 1.98. The van der Waals surface area contributed by atoms with Gasteiger partial charge in [0.1, 0.15) is 5.75 Å². The van der Waals surface area contributed by atoms with E-state index in [2.05, 4.69) is 23.9 Å². The monoisotopic (exact) mass is 305 g/mol. The van der Waals surface area contributed by atoms with Crippen molar-refractivity contribution in [3.05, 3.63) is 59.7 Å². The highest BCUT2D eigenvalue weighted by molar-refractivity contribution is 6.05. The molecular formula is C17H17F2NO2. The van der Waals surface area contributed by atoms with Gasteiger partial charge in [0.2, 0.25) is 0 Å². The van der Waals surface area contributed by atoms with Gasteiger partial charge in [-0.2, -0.15) is 8.78 Å². The quantitative estimate of drug-likeness (QED) is 0.872. The van der Waals surface area contributed by atoms with Crippen LogP contribution in [0.4, 0.5) is 14.5 Å². The predicted octanol–water partition coefficient (Wildman–Crippen LogP) is 4.66. The number of hydrogen-bond donors (Lipinski definition) is 1. The van der Waals surface area contributed by atoms with E-state index in [-0.39, 0.29) is 17.3 Å². The van der Waals surface area contributed by atoms with Crippen molar-refractivity contribution in [1.82, 2.24) is 0 Å². The van der Waals surface area contributed by atoms with Crippen LogP contribution < -0.4 is 10.1 Å². The summed E-state index contributed by atoms with van der Waals surface area (Å²) in [5.41, 5.74) is 1.79. The zero-order valence-corrected chi connectivity index (χ0v) is 12.3. The van der Waals surface area contributed by atoms with Gasteiger partial charge in [0.25, 0.3) is 5.91 Å². The zero-order valence-electron chi connectivity index (χ0n) is 12.3. The molecule has 0 aliphatic carbocycles. The summed E-state index contributed by atoms with van der Waals surface area (Å²) in [5.74, 6) is -0.0671. The molecule has 1 amide bonds. The van der Waals surface area contributed by atoms with Crippen molar-refractivity contribution in [3.63, 3.8) is 0 Å². The fraction of sp³-hybridized carbons (Fsp3) is 0.235. The van der Waals surface area contributed by atoms with Crippen molar-refractivity contribution in [2.24, 2.45) is 0 Å². The molecule has 3 nitrogen and oxygen atoms in total. The molecule has 2 rings (SSSR count). The van der Waals surface area contributed by atoms with Crippen LogP contribution in [0.1, 0.15) is 35.7 Å². The lowest BCUT2D eigenvalue weighted by molar-refractivity contribution is -0.0493. The SMILES string of the molecule is CC(C)c1ccc(C(=O)Nc2ccccc2OC(F)F)cc1. The number of nitrogens with one attached hydrogen (secondary N) is 1. The van der Waals surface area contributed by atoms with Crippen LogP contribution in [0.5, 0.6) is 5.75 Å². The van der Waals surface area contributed by atoms with Crippen molar-refractivity contribution in [1.29, 1.82) is 0 Å². The summed E-state index contributed by atoms with van der Waals surface area (Å²) in [6, 6.07) is 13.3. The number of halogens is 2. The van der Waals surface area contributed by atoms with Crippen LogP contribution in [-0.2, 0) is 0 Å². The Balaban J connectivity index is 2.15. The molecule has 0 spiro atoms. The third-order valence-electron chi connectivity index (χ3n) is 3.19. The number of hydrogen-bond acceptors (Lipinski definition) is 2. The smallest absolute Gasteiger partial charge is 0.387 e. The average molecular weight is 305 g/mol. The third kappa shape index (κ3) is 4.04. The van der Waals surface area contributed by atoms with Gasteiger partial charge in [-0.3, -0.25) is 4.79 Å². The topological polar surface area (TPSA) is 38.3 Å². The predicted molar refractivity (Wildman–Crippen MR) is 81.6 cm³/mol. The molecule has 0 aliphatic heterocycles. The lowest BCUT2D eigenvalue weighted by Crippen LogP contribution is -2.14. The number of para-hydroxylation sites is 2. The molecule has 0 heterocycles. The first-order valence-electron chi connectivity index (χ1n) is 6.92. The van der Waals surface area contributed by atoms with Gasteiger partial charge in [-0.1, -0.05) is 38.1 Å². The van der Waals surface area contributed by atoms with Crippen LogP contribution in [-0.4, -0.2) is 12.5 Å². The average Bonchev–Trinajstić information content (AvgIpc) is 2.48. The van der Waals surface area contributed by atoms with E-state index < -0.39 is 6.61 Å². The molecule has 0 saturated heterocycles. The summed E-state index contributed by atoms with van der Waals surface area (Å²) < 4.78 is 29.1. The maximum Gasteiger partial charge on any atom is 0.387 e. The lowest BCUT2D eigenvalue weighted by atomic mass is 10.0. The Labute approximate surface area is 127 Å². The molecule has 0 bridgehead atoms. The molecule has 1 N–H and O–H groups in total. The van der Waals surface area contributed by atoms with Gasteiger partial charge in [0.05, 0.1) is 5.69 Å². The first-order valence-corrected chi connectivity index (χ1v) is 6.92. The largest absolute Gasteiger partial charge is 0.433 e. The Morgan fingerprint density at radius 1 is 1.05 bits per heavy atom. The Bertz CT molecular complexity index is 639. The minimum absolute atomic E-state index is 0.0651. The second-order valence-corrected chi connectivity index (χ2v) is 5.11. The summed E-state index contributed by atoms with van der Waals surface area (Å²) in [5, 5.41) is 2.58. The Kier molecular flexibility index (Phi) is 5.09. The van der Waals surface area contributed by atoms with E-state index in [1.54, 1.807) is 24.3 Å². The molecule has 5 heteroatoms. The van der Waals surface area contributed by atoms with Crippen LogP contribution in [0.3, 0.4) is 0 Å². The summed E-state index contributed by atoms with van der Waals surface area (Å²) in [7, 11) is 0. The number of carbonyl (C=O) groups excluding carboxylic acids is 1. The molecule has 0 radical (unpaired) electrons. The van der Waals surface area contributed by atoms with E-state index >= 15 is 0 Å². The molecule has 2 aromatic carbocycles. The summed E-state index contributed by atoms with van der Waals surface area (Å²) in [6.07, 6.45) is 0. The number of alkyl halides is 2. The van der Waals surface area contributed by atoms with Gasteiger partial charge in [-0.05, 0) is 35.7 Å². The van der Waals surface area contributed by atoms with Crippen molar-refractivity contribution in [2.75, 3.05) is 5.32 Å². The minimum atomic E-state index is -2.94. The van der Waals surface area contributed by atoms with Crippen LogP contribution in [0.25, 0.3) is 0 Å². The first kappa shape index (κ1) is 15.9. The molecule has 0 fully saturated rings. The number of anilines is 1. The van der Waals surface area contributed by atoms with Crippen molar-refractivity contribution >= 4 is 11.6 Å². The van der Waals surface area contributed by atoms with Crippen molar-refractivity contribution in [2.45, 2.75) is 26.4 Å². The molecule has 0 aliphatic rings. The molecule has 0 saturated carbocycles. The highest BCUT2D eigenvalue weighted by Crippen LogP contribution is 2.26. The Morgan fingerprint density at radius 2 is 1.68 bits per heavy atom. The summed E-state index contributed by atoms with van der Waals surface area (Å²) in [6.45, 7) is 1.18. The second kappa shape index (κ2) is 7.02. The highest BCUT2D eigenvalue weighted by Gasteiger charge is 2.13. The minimum Gasteiger partial charge on any atom is -0.433 e. The molecular weight excluding hydrogens is 288 g/mol. The number of benzene rings is 2. The van der Waals surface area contributed by atoms with Crippen LogP contribution in [0.15, 0.2) is 48.5 Å². The van der Waals surface area contributed by atoms with Gasteiger partial charge >= 0.3 is 6.61 Å².